The number of allylic oxidation sites excluding steroid dienone is 10. The van der Waals surface area contributed by atoms with E-state index in [-0.39, 0.29) is 38.6 Å². The van der Waals surface area contributed by atoms with Crippen LogP contribution in [0.3, 0.4) is 0 Å². The Kier molecular flexibility index (Phi) is 43.5. The smallest absolute Gasteiger partial charge is 0.462 e. The average molecular weight is 850 g/mol. The number of unbranched alkanes of at least 4 members (excludes halogenated alkanes) is 21. The van der Waals surface area contributed by atoms with Crippen molar-refractivity contribution < 1.29 is 37.6 Å². The highest BCUT2D eigenvalue weighted by Crippen LogP contribution is 2.43. The summed E-state index contributed by atoms with van der Waals surface area (Å²) in [5, 5.41) is 0. The van der Waals surface area contributed by atoms with Crippen molar-refractivity contribution in [3.63, 3.8) is 0 Å². The summed E-state index contributed by atoms with van der Waals surface area (Å²) < 4.78 is 32.8. The predicted molar refractivity (Wildman–Crippen MR) is 247 cm³/mol. The molecule has 0 rings (SSSR count). The van der Waals surface area contributed by atoms with Crippen LogP contribution in [-0.2, 0) is 32.7 Å². The molecule has 0 aliphatic rings. The average Bonchev–Trinajstić information content (AvgIpc) is 3.22. The van der Waals surface area contributed by atoms with Crippen LogP contribution >= 0.6 is 7.82 Å². The van der Waals surface area contributed by atoms with Gasteiger partial charge in [-0.05, 0) is 57.8 Å². The van der Waals surface area contributed by atoms with Gasteiger partial charge in [-0.15, -0.1) is 0 Å². The van der Waals surface area contributed by atoms with Gasteiger partial charge >= 0.3 is 19.8 Å². The van der Waals surface area contributed by atoms with Gasteiger partial charge < -0.3 is 20.1 Å². The molecule has 10 heteroatoms. The van der Waals surface area contributed by atoms with Gasteiger partial charge in [0.05, 0.1) is 13.2 Å². The number of carbonyl (C=O) groups excluding carboxylic acids is 2. The first-order valence-electron chi connectivity index (χ1n) is 23.8. The summed E-state index contributed by atoms with van der Waals surface area (Å²) in [5.41, 5.74) is 5.36. The lowest BCUT2D eigenvalue weighted by atomic mass is 10.0. The lowest BCUT2D eigenvalue weighted by molar-refractivity contribution is -0.161. The molecule has 2 unspecified atom stereocenters. The Morgan fingerprint density at radius 3 is 1.39 bits per heavy atom. The lowest BCUT2D eigenvalue weighted by Gasteiger charge is -2.19. The number of hydrogen-bond donors (Lipinski definition) is 2. The summed E-state index contributed by atoms with van der Waals surface area (Å²) in [7, 11) is -4.39. The van der Waals surface area contributed by atoms with E-state index in [1.807, 2.05) is 0 Å². The summed E-state index contributed by atoms with van der Waals surface area (Å²) in [4.78, 5) is 35.0. The fraction of sp³-hybridized carbons (Fsp3) is 0.755. The summed E-state index contributed by atoms with van der Waals surface area (Å²) in [5.74, 6) is -0.862. The molecule has 0 saturated heterocycles. The number of phosphoric ester groups is 1. The van der Waals surface area contributed by atoms with Crippen LogP contribution in [0.15, 0.2) is 60.8 Å². The van der Waals surface area contributed by atoms with E-state index in [0.717, 1.165) is 70.6 Å². The molecule has 9 nitrogen and oxygen atoms in total. The van der Waals surface area contributed by atoms with E-state index < -0.39 is 26.5 Å². The first-order chi connectivity index (χ1) is 28.8. The van der Waals surface area contributed by atoms with Crippen molar-refractivity contribution in [1.29, 1.82) is 0 Å². The fourth-order valence-electron chi connectivity index (χ4n) is 6.43. The molecule has 3 N–H and O–H groups in total. The fourth-order valence-corrected chi connectivity index (χ4v) is 7.19. The van der Waals surface area contributed by atoms with E-state index in [4.69, 9.17) is 24.3 Å². The Balaban J connectivity index is 4.15. The van der Waals surface area contributed by atoms with Crippen molar-refractivity contribution >= 4 is 19.8 Å². The van der Waals surface area contributed by atoms with Crippen molar-refractivity contribution in [2.75, 3.05) is 26.4 Å². The molecule has 0 bridgehead atoms. The van der Waals surface area contributed by atoms with Crippen molar-refractivity contribution in [2.24, 2.45) is 5.73 Å². The zero-order valence-corrected chi connectivity index (χ0v) is 38.6. The molecule has 0 radical (unpaired) electrons. The molecule has 342 valence electrons. The van der Waals surface area contributed by atoms with E-state index in [2.05, 4.69) is 74.6 Å². The Bertz CT molecular complexity index is 1150. The van der Waals surface area contributed by atoms with Crippen LogP contribution in [0.4, 0.5) is 0 Å². The molecule has 0 aromatic rings. The van der Waals surface area contributed by atoms with Crippen molar-refractivity contribution in [3.05, 3.63) is 60.8 Å². The number of phosphoric acid groups is 1. The summed E-state index contributed by atoms with van der Waals surface area (Å²) in [6.45, 7) is 3.60. The minimum absolute atomic E-state index is 0.0461. The Labute approximate surface area is 361 Å². The quantitative estimate of drug-likeness (QED) is 0.0266. The van der Waals surface area contributed by atoms with Gasteiger partial charge in [0.1, 0.15) is 6.61 Å². The Morgan fingerprint density at radius 1 is 0.525 bits per heavy atom. The van der Waals surface area contributed by atoms with Crippen LogP contribution in [0.25, 0.3) is 0 Å². The molecule has 0 fully saturated rings. The van der Waals surface area contributed by atoms with Gasteiger partial charge in [-0.2, -0.15) is 0 Å². The van der Waals surface area contributed by atoms with Gasteiger partial charge in [0.2, 0.25) is 0 Å². The van der Waals surface area contributed by atoms with Crippen molar-refractivity contribution in [2.45, 2.75) is 213 Å². The monoisotopic (exact) mass is 850 g/mol. The molecule has 0 aliphatic heterocycles. The highest BCUT2D eigenvalue weighted by molar-refractivity contribution is 7.47. The van der Waals surface area contributed by atoms with Crippen LogP contribution in [0.5, 0.6) is 0 Å². The molecule has 2 atom stereocenters. The number of carbonyl (C=O) groups is 2. The minimum Gasteiger partial charge on any atom is -0.462 e. The second kappa shape index (κ2) is 45.2. The van der Waals surface area contributed by atoms with Crippen molar-refractivity contribution in [3.8, 4) is 0 Å². The lowest BCUT2D eigenvalue weighted by Crippen LogP contribution is -2.29. The maximum atomic E-state index is 12.6. The molecule has 0 spiro atoms. The second-order valence-electron chi connectivity index (χ2n) is 15.6. The molecule has 0 saturated carbocycles. The molecule has 0 aliphatic carbocycles. The van der Waals surface area contributed by atoms with E-state index in [1.54, 1.807) is 0 Å². The first kappa shape index (κ1) is 56.7. The summed E-state index contributed by atoms with van der Waals surface area (Å²) in [6, 6.07) is 0. The van der Waals surface area contributed by atoms with Gasteiger partial charge in [0.25, 0.3) is 0 Å². The van der Waals surface area contributed by atoms with Crippen LogP contribution in [0.2, 0.25) is 0 Å². The highest BCUT2D eigenvalue weighted by Gasteiger charge is 2.26. The second-order valence-corrected chi connectivity index (χ2v) is 17.1. The van der Waals surface area contributed by atoms with E-state index in [1.165, 1.54) is 103 Å². The van der Waals surface area contributed by atoms with Gasteiger partial charge in [0.15, 0.2) is 6.10 Å². The topological polar surface area (TPSA) is 134 Å². The van der Waals surface area contributed by atoms with Crippen LogP contribution in [-0.4, -0.2) is 49.3 Å². The maximum absolute atomic E-state index is 12.6. The van der Waals surface area contributed by atoms with Crippen LogP contribution in [0.1, 0.15) is 206 Å². The highest BCUT2D eigenvalue weighted by atomic mass is 31.2. The standard InChI is InChI=1S/C49H88NO8P/c1-3-5-7-9-11-13-15-17-19-21-23-25-27-29-31-33-35-37-39-41-48(51)55-45-47(46-57-59(53,54)56-44-43-50)58-49(52)42-40-38-36-34-32-30-28-26-24-22-20-18-16-14-12-10-8-6-4-2/h6,8,12,14,18,20,24,26,30,32,47H,3-5,7,9-11,13,15-17,19,21-23,25,27-29,31,33-46,50H2,1-2H3,(H,53,54). The summed E-state index contributed by atoms with van der Waals surface area (Å²) >= 11 is 0. The largest absolute Gasteiger partial charge is 0.472 e. The van der Waals surface area contributed by atoms with Crippen molar-refractivity contribution in [1.82, 2.24) is 0 Å². The third-order valence-electron chi connectivity index (χ3n) is 9.92. The normalized spacial score (nSPS) is 13.8. The van der Waals surface area contributed by atoms with Gasteiger partial charge in [-0.1, -0.05) is 197 Å². The number of hydrogen-bond acceptors (Lipinski definition) is 8. The van der Waals surface area contributed by atoms with Crippen LogP contribution < -0.4 is 5.73 Å². The molecule has 0 heterocycles. The maximum Gasteiger partial charge on any atom is 0.472 e. The van der Waals surface area contributed by atoms with E-state index in [9.17, 15) is 19.0 Å². The van der Waals surface area contributed by atoms with Gasteiger partial charge in [-0.25, -0.2) is 4.57 Å². The zero-order chi connectivity index (χ0) is 43.2. The molecular formula is C49H88NO8P. The summed E-state index contributed by atoms with van der Waals surface area (Å²) in [6.07, 6.45) is 54.0. The van der Waals surface area contributed by atoms with E-state index >= 15 is 0 Å². The van der Waals surface area contributed by atoms with Gasteiger partial charge in [0, 0.05) is 19.4 Å². The number of ether oxygens (including phenoxy) is 2. The SMILES string of the molecule is CCC=CCC=CCC=CCC=CCC=CCCCCCC(=O)OC(COC(=O)CCCCCCCCCCCCCCCCCCCCC)COP(=O)(O)OCCN. The number of nitrogens with two attached hydrogens (primary N) is 1. The zero-order valence-electron chi connectivity index (χ0n) is 37.7. The molecule has 0 aromatic heterocycles. The molecule has 0 amide bonds. The third kappa shape index (κ3) is 45.1. The predicted octanol–water partition coefficient (Wildman–Crippen LogP) is 14.1. The number of esters is 2. The minimum atomic E-state index is -4.39. The number of rotatable bonds is 44. The first-order valence-corrected chi connectivity index (χ1v) is 25.3. The van der Waals surface area contributed by atoms with E-state index in [0.29, 0.717) is 6.42 Å². The van der Waals surface area contributed by atoms with Crippen LogP contribution in [0, 0.1) is 0 Å². The molecular weight excluding hydrogens is 762 g/mol. The molecule has 0 aromatic carbocycles. The Morgan fingerprint density at radius 2 is 0.932 bits per heavy atom. The molecule has 59 heavy (non-hydrogen) atoms. The van der Waals surface area contributed by atoms with Gasteiger partial charge in [-0.3, -0.25) is 18.6 Å². The third-order valence-corrected chi connectivity index (χ3v) is 10.9. The Hall–Kier alpha value is -2.29.